The summed E-state index contributed by atoms with van der Waals surface area (Å²) in [5.41, 5.74) is 2.80. The van der Waals surface area contributed by atoms with Crippen molar-refractivity contribution >= 4 is 21.6 Å². The van der Waals surface area contributed by atoms with Crippen molar-refractivity contribution in [2.24, 2.45) is 11.8 Å². The quantitative estimate of drug-likeness (QED) is 0.744. The average Bonchev–Trinajstić information content (AvgIpc) is 2.52. The first kappa shape index (κ1) is 14.6. The van der Waals surface area contributed by atoms with Crippen LogP contribution in [0.4, 0.5) is 5.69 Å². The molecule has 1 fully saturated rings. The predicted octanol–water partition coefficient (Wildman–Crippen LogP) is 5.15. The van der Waals surface area contributed by atoms with E-state index in [4.69, 9.17) is 0 Å². The molecule has 0 N–H and O–H groups in total. The molecule has 2 heteroatoms. The summed E-state index contributed by atoms with van der Waals surface area (Å²) >= 11 is 3.69. The topological polar surface area (TPSA) is 3.24 Å². The molecule has 0 spiro atoms. The Bertz CT molecular complexity index is 581. The molecule has 0 radical (unpaired) electrons. The molecule has 2 aromatic carbocycles. The van der Waals surface area contributed by atoms with E-state index in [1.165, 1.54) is 28.7 Å². The molecule has 2 atom stereocenters. The zero-order valence-corrected chi connectivity index (χ0v) is 14.1. The van der Waals surface area contributed by atoms with Crippen LogP contribution in [0.5, 0.6) is 0 Å². The van der Waals surface area contributed by atoms with Crippen LogP contribution in [0.1, 0.15) is 18.9 Å². The Morgan fingerprint density at radius 3 is 2.52 bits per heavy atom. The standard InChI is InChI=1S/C19H22BrN/c1-15-11-12-21(18-8-3-2-4-9-18)14-17(15)13-16-7-5-6-10-19(16)20/h2-10,15,17H,11-14H2,1H3/t15-,17-/m1/s1. The summed E-state index contributed by atoms with van der Waals surface area (Å²) in [7, 11) is 0. The minimum Gasteiger partial charge on any atom is -0.371 e. The van der Waals surface area contributed by atoms with E-state index < -0.39 is 0 Å². The van der Waals surface area contributed by atoms with Gasteiger partial charge in [-0.05, 0) is 48.4 Å². The van der Waals surface area contributed by atoms with E-state index in [9.17, 15) is 0 Å². The SMILES string of the molecule is C[C@@H]1CCN(c2ccccc2)C[C@H]1Cc1ccccc1Br. The van der Waals surface area contributed by atoms with E-state index >= 15 is 0 Å². The normalized spacial score (nSPS) is 22.3. The van der Waals surface area contributed by atoms with E-state index in [-0.39, 0.29) is 0 Å². The lowest BCUT2D eigenvalue weighted by Gasteiger charge is -2.38. The zero-order valence-electron chi connectivity index (χ0n) is 12.5. The zero-order chi connectivity index (χ0) is 14.7. The van der Waals surface area contributed by atoms with Gasteiger partial charge in [0.25, 0.3) is 0 Å². The van der Waals surface area contributed by atoms with E-state index in [0.29, 0.717) is 0 Å². The lowest BCUT2D eigenvalue weighted by Crippen LogP contribution is -2.40. The predicted molar refractivity (Wildman–Crippen MR) is 93.8 cm³/mol. The summed E-state index contributed by atoms with van der Waals surface area (Å²) in [6.45, 7) is 4.74. The summed E-state index contributed by atoms with van der Waals surface area (Å²) < 4.78 is 1.24. The van der Waals surface area contributed by atoms with Crippen molar-refractivity contribution in [1.29, 1.82) is 0 Å². The number of hydrogen-bond donors (Lipinski definition) is 0. The van der Waals surface area contributed by atoms with Gasteiger partial charge in [-0.25, -0.2) is 0 Å². The molecule has 0 unspecified atom stereocenters. The number of para-hydroxylation sites is 1. The highest BCUT2D eigenvalue weighted by atomic mass is 79.9. The Kier molecular flexibility index (Phi) is 4.64. The van der Waals surface area contributed by atoms with Crippen LogP contribution in [0.3, 0.4) is 0 Å². The molecule has 1 aliphatic heterocycles. The van der Waals surface area contributed by atoms with E-state index in [2.05, 4.69) is 82.4 Å². The van der Waals surface area contributed by atoms with Gasteiger partial charge in [0.05, 0.1) is 0 Å². The molecule has 1 heterocycles. The molecular formula is C19H22BrN. The van der Waals surface area contributed by atoms with Crippen LogP contribution in [-0.2, 0) is 6.42 Å². The first-order chi connectivity index (χ1) is 10.2. The van der Waals surface area contributed by atoms with Gasteiger partial charge in [-0.15, -0.1) is 0 Å². The van der Waals surface area contributed by atoms with Gasteiger partial charge in [0.2, 0.25) is 0 Å². The average molecular weight is 344 g/mol. The number of benzene rings is 2. The van der Waals surface area contributed by atoms with Crippen LogP contribution >= 0.6 is 15.9 Å². The summed E-state index contributed by atoms with van der Waals surface area (Å²) in [5.74, 6) is 1.51. The van der Waals surface area contributed by atoms with Gasteiger partial charge in [-0.3, -0.25) is 0 Å². The second kappa shape index (κ2) is 6.65. The van der Waals surface area contributed by atoms with Crippen LogP contribution in [0, 0.1) is 11.8 Å². The molecule has 1 aliphatic rings. The van der Waals surface area contributed by atoms with Gasteiger partial charge in [0, 0.05) is 23.2 Å². The first-order valence-corrected chi connectivity index (χ1v) is 8.57. The van der Waals surface area contributed by atoms with Gasteiger partial charge < -0.3 is 4.90 Å². The van der Waals surface area contributed by atoms with Crippen molar-refractivity contribution in [2.75, 3.05) is 18.0 Å². The summed E-state index contributed by atoms with van der Waals surface area (Å²) in [4.78, 5) is 2.54. The Balaban J connectivity index is 1.74. The van der Waals surface area contributed by atoms with Crippen LogP contribution in [0.2, 0.25) is 0 Å². The molecule has 0 aliphatic carbocycles. The fourth-order valence-corrected chi connectivity index (χ4v) is 3.68. The molecule has 1 saturated heterocycles. The summed E-state index contributed by atoms with van der Waals surface area (Å²) in [5, 5.41) is 0. The van der Waals surface area contributed by atoms with Crippen molar-refractivity contribution in [1.82, 2.24) is 0 Å². The Morgan fingerprint density at radius 2 is 1.76 bits per heavy atom. The maximum Gasteiger partial charge on any atom is 0.0366 e. The Morgan fingerprint density at radius 1 is 1.05 bits per heavy atom. The van der Waals surface area contributed by atoms with Crippen molar-refractivity contribution < 1.29 is 0 Å². The fourth-order valence-electron chi connectivity index (χ4n) is 3.23. The fraction of sp³-hybridized carbons (Fsp3) is 0.368. The van der Waals surface area contributed by atoms with Gasteiger partial charge in [-0.2, -0.15) is 0 Å². The number of halogens is 1. The molecule has 21 heavy (non-hydrogen) atoms. The van der Waals surface area contributed by atoms with Crippen molar-refractivity contribution in [2.45, 2.75) is 19.8 Å². The number of piperidine rings is 1. The third-order valence-corrected chi connectivity index (χ3v) is 5.45. The highest BCUT2D eigenvalue weighted by molar-refractivity contribution is 9.10. The maximum absolute atomic E-state index is 3.69. The number of anilines is 1. The molecule has 3 rings (SSSR count). The van der Waals surface area contributed by atoms with Gasteiger partial charge in [-0.1, -0.05) is 59.3 Å². The smallest absolute Gasteiger partial charge is 0.0366 e. The monoisotopic (exact) mass is 343 g/mol. The van der Waals surface area contributed by atoms with Crippen molar-refractivity contribution in [3.05, 3.63) is 64.6 Å². The van der Waals surface area contributed by atoms with Crippen LogP contribution in [-0.4, -0.2) is 13.1 Å². The third-order valence-electron chi connectivity index (χ3n) is 4.68. The second-order valence-electron chi connectivity index (χ2n) is 6.10. The molecular weight excluding hydrogens is 322 g/mol. The van der Waals surface area contributed by atoms with E-state index in [1.807, 2.05) is 0 Å². The number of hydrogen-bond acceptors (Lipinski definition) is 1. The maximum atomic E-state index is 3.69. The Labute approximate surface area is 136 Å². The highest BCUT2D eigenvalue weighted by Gasteiger charge is 2.26. The molecule has 0 amide bonds. The highest BCUT2D eigenvalue weighted by Crippen LogP contribution is 2.31. The van der Waals surface area contributed by atoms with Gasteiger partial charge in [0.15, 0.2) is 0 Å². The molecule has 110 valence electrons. The molecule has 0 aromatic heterocycles. The molecule has 0 bridgehead atoms. The molecule has 0 saturated carbocycles. The second-order valence-corrected chi connectivity index (χ2v) is 6.96. The lowest BCUT2D eigenvalue weighted by atomic mass is 9.82. The minimum absolute atomic E-state index is 0.720. The minimum atomic E-state index is 0.720. The van der Waals surface area contributed by atoms with Crippen molar-refractivity contribution in [3.63, 3.8) is 0 Å². The largest absolute Gasteiger partial charge is 0.371 e. The van der Waals surface area contributed by atoms with E-state index in [1.54, 1.807) is 0 Å². The summed E-state index contributed by atoms with van der Waals surface area (Å²) in [6.07, 6.45) is 2.44. The van der Waals surface area contributed by atoms with Gasteiger partial charge >= 0.3 is 0 Å². The molecule has 2 aromatic rings. The van der Waals surface area contributed by atoms with Crippen LogP contribution in [0.15, 0.2) is 59.1 Å². The van der Waals surface area contributed by atoms with Crippen LogP contribution < -0.4 is 4.90 Å². The third kappa shape index (κ3) is 3.49. The number of nitrogens with zero attached hydrogens (tertiary/aromatic N) is 1. The summed E-state index contributed by atoms with van der Waals surface area (Å²) in [6, 6.07) is 19.4. The van der Waals surface area contributed by atoms with Crippen LogP contribution in [0.25, 0.3) is 0 Å². The van der Waals surface area contributed by atoms with E-state index in [0.717, 1.165) is 24.8 Å². The number of rotatable bonds is 3. The lowest BCUT2D eigenvalue weighted by molar-refractivity contribution is 0.298. The Hall–Kier alpha value is -1.28. The molecule has 1 nitrogen and oxygen atoms in total. The first-order valence-electron chi connectivity index (χ1n) is 7.77. The van der Waals surface area contributed by atoms with Gasteiger partial charge in [0.1, 0.15) is 0 Å². The van der Waals surface area contributed by atoms with Crippen molar-refractivity contribution in [3.8, 4) is 0 Å².